The summed E-state index contributed by atoms with van der Waals surface area (Å²) in [6.07, 6.45) is 2.77. The van der Waals surface area contributed by atoms with Gasteiger partial charge in [0, 0.05) is 87.4 Å². The van der Waals surface area contributed by atoms with Crippen molar-refractivity contribution in [2.24, 2.45) is 13.0 Å². The summed E-state index contributed by atoms with van der Waals surface area (Å²) in [6, 6.07) is 7.25. The average Bonchev–Trinajstić information content (AvgIpc) is 3.77. The molecule has 3 saturated heterocycles. The van der Waals surface area contributed by atoms with E-state index in [-0.39, 0.29) is 57.4 Å². The van der Waals surface area contributed by atoms with Crippen LogP contribution in [0.3, 0.4) is 0 Å². The molecule has 3 aliphatic rings. The van der Waals surface area contributed by atoms with Crippen LogP contribution < -0.4 is 15.7 Å². The number of methoxy groups -OCH3 is 1. The molecule has 59 heavy (non-hydrogen) atoms. The number of aliphatic carboxylic acids is 1. The lowest BCUT2D eigenvalue weighted by Crippen LogP contribution is -2.67. The molecule has 0 saturated carbocycles. The topological polar surface area (TPSA) is 170 Å². The number of benzene rings is 2. The van der Waals surface area contributed by atoms with Gasteiger partial charge in [-0.25, -0.2) is 18.6 Å². The molecule has 0 atom stereocenters. The summed E-state index contributed by atoms with van der Waals surface area (Å²) < 4.78 is 39.6. The SMILES string of the molecule is COCCn1ncc(-c2ccc(-c3cnc(C(=O)Nc4ccc(C(=O)N5CCN(C(=O)N6CC[N+](CC(=O)[O-])(CC7CNC7)CC6)CC5)c(Cl)c4)n3C)c(F)c2F)c1C. The van der Waals surface area contributed by atoms with Crippen LogP contribution in [0.5, 0.6) is 0 Å². The van der Waals surface area contributed by atoms with Crippen LogP contribution in [0.4, 0.5) is 19.3 Å². The van der Waals surface area contributed by atoms with Crippen LogP contribution >= 0.6 is 11.6 Å². The van der Waals surface area contributed by atoms with Crippen LogP contribution in [-0.2, 0) is 23.1 Å². The lowest BCUT2D eigenvalue weighted by Gasteiger charge is -2.48. The Balaban J connectivity index is 0.939. The molecule has 2 N–H and O–H groups in total. The third-order valence-corrected chi connectivity index (χ3v) is 12.0. The Kier molecular flexibility index (Phi) is 12.3. The smallest absolute Gasteiger partial charge is 0.320 e. The number of piperazine rings is 2. The fourth-order valence-corrected chi connectivity index (χ4v) is 8.41. The van der Waals surface area contributed by atoms with Gasteiger partial charge in [-0.05, 0) is 31.2 Å². The molecule has 19 heteroatoms. The molecule has 3 aliphatic heterocycles. The highest BCUT2D eigenvalue weighted by Crippen LogP contribution is 2.33. The monoisotopic (exact) mass is 836 g/mol. The van der Waals surface area contributed by atoms with E-state index in [4.69, 9.17) is 16.3 Å². The molecule has 2 aromatic heterocycles. The molecule has 16 nitrogen and oxygen atoms in total. The number of carboxylic acid groups (broad SMARTS) is 1. The number of amides is 4. The predicted octanol–water partition coefficient (Wildman–Crippen LogP) is 2.07. The number of anilines is 1. The van der Waals surface area contributed by atoms with Gasteiger partial charge in [-0.15, -0.1) is 0 Å². The first-order chi connectivity index (χ1) is 28.3. The Hall–Kier alpha value is -5.43. The number of urea groups is 1. The maximum atomic E-state index is 15.6. The second-order valence-corrected chi connectivity index (χ2v) is 15.8. The van der Waals surface area contributed by atoms with Crippen LogP contribution in [0.2, 0.25) is 5.02 Å². The number of nitrogens with zero attached hydrogens (tertiary/aromatic N) is 8. The molecule has 3 fully saturated rings. The normalized spacial score (nSPS) is 16.9. The Labute approximate surface area is 344 Å². The fraction of sp³-hybridized carbons (Fsp3) is 0.450. The number of quaternary nitrogens is 1. The Morgan fingerprint density at radius 1 is 0.949 bits per heavy atom. The van der Waals surface area contributed by atoms with E-state index in [0.29, 0.717) is 87.2 Å². The third-order valence-electron chi connectivity index (χ3n) is 11.7. The summed E-state index contributed by atoms with van der Waals surface area (Å²) in [5, 5.41) is 21.9. The van der Waals surface area contributed by atoms with Crippen molar-refractivity contribution in [3.8, 4) is 22.4 Å². The van der Waals surface area contributed by atoms with E-state index in [1.54, 1.807) is 33.4 Å². The maximum Gasteiger partial charge on any atom is 0.320 e. The van der Waals surface area contributed by atoms with Crippen LogP contribution in [0.25, 0.3) is 22.4 Å². The van der Waals surface area contributed by atoms with Gasteiger partial charge in [0.1, 0.15) is 6.54 Å². The van der Waals surface area contributed by atoms with E-state index in [2.05, 4.69) is 20.7 Å². The number of carbonyl (C=O) groups is 4. The van der Waals surface area contributed by atoms with Crippen molar-refractivity contribution in [3.05, 3.63) is 76.5 Å². The van der Waals surface area contributed by atoms with Crippen molar-refractivity contribution in [2.45, 2.75) is 13.5 Å². The van der Waals surface area contributed by atoms with Crippen molar-refractivity contribution in [1.29, 1.82) is 0 Å². The Morgan fingerprint density at radius 2 is 1.61 bits per heavy atom. The number of hydrogen-bond donors (Lipinski definition) is 2. The maximum absolute atomic E-state index is 15.6. The summed E-state index contributed by atoms with van der Waals surface area (Å²) >= 11 is 6.57. The van der Waals surface area contributed by atoms with E-state index >= 15 is 8.78 Å². The van der Waals surface area contributed by atoms with E-state index < -0.39 is 23.5 Å². The second-order valence-electron chi connectivity index (χ2n) is 15.4. The molecule has 0 unspecified atom stereocenters. The number of hydrogen-bond acceptors (Lipinski definition) is 9. The number of carboxylic acids is 1. The van der Waals surface area contributed by atoms with Crippen LogP contribution in [0.15, 0.2) is 42.7 Å². The fourth-order valence-electron chi connectivity index (χ4n) is 8.15. The number of imidazole rings is 1. The third kappa shape index (κ3) is 8.66. The van der Waals surface area contributed by atoms with Gasteiger partial charge in [-0.2, -0.15) is 5.10 Å². The molecule has 2 aromatic carbocycles. The summed E-state index contributed by atoms with van der Waals surface area (Å²) in [7, 11) is 3.08. The number of carbonyl (C=O) groups excluding carboxylic acids is 4. The zero-order valence-electron chi connectivity index (χ0n) is 33.2. The van der Waals surface area contributed by atoms with Gasteiger partial charge in [0.15, 0.2) is 17.5 Å². The molecule has 0 spiro atoms. The molecule has 0 radical (unpaired) electrons. The van der Waals surface area contributed by atoms with E-state index in [1.165, 1.54) is 54.3 Å². The second kappa shape index (κ2) is 17.4. The zero-order valence-corrected chi connectivity index (χ0v) is 33.9. The number of aromatic nitrogens is 4. The molecular weight excluding hydrogens is 790 g/mol. The van der Waals surface area contributed by atoms with Crippen molar-refractivity contribution >= 4 is 41.1 Å². The molecular formula is C40H47ClF2N10O6. The molecule has 4 amide bonds. The molecule has 5 heterocycles. The van der Waals surface area contributed by atoms with Gasteiger partial charge in [0.05, 0.1) is 80.5 Å². The summed E-state index contributed by atoms with van der Waals surface area (Å²) in [5.74, 6) is -3.85. The highest BCUT2D eigenvalue weighted by molar-refractivity contribution is 6.34. The average molecular weight is 837 g/mol. The van der Waals surface area contributed by atoms with Crippen molar-refractivity contribution in [1.82, 2.24) is 39.3 Å². The molecule has 4 aromatic rings. The Morgan fingerprint density at radius 3 is 2.25 bits per heavy atom. The van der Waals surface area contributed by atoms with Gasteiger partial charge >= 0.3 is 6.03 Å². The first kappa shape index (κ1) is 41.7. The van der Waals surface area contributed by atoms with Gasteiger partial charge in [0.2, 0.25) is 0 Å². The number of rotatable bonds is 12. The summed E-state index contributed by atoms with van der Waals surface area (Å²) in [6.45, 7) is 8.29. The first-order valence-corrected chi connectivity index (χ1v) is 19.9. The van der Waals surface area contributed by atoms with Gasteiger partial charge in [0.25, 0.3) is 11.8 Å². The van der Waals surface area contributed by atoms with Crippen LogP contribution in [0.1, 0.15) is 26.7 Å². The minimum absolute atomic E-state index is 0.0510. The van der Waals surface area contributed by atoms with E-state index in [0.717, 1.165) is 19.6 Å². The summed E-state index contributed by atoms with van der Waals surface area (Å²) in [4.78, 5) is 61.1. The standard InChI is InChI=1S/C40H47ClF2N10O6/c1-25-31(21-46-52(25)14-17-59-3)28-6-7-30(36(43)35(28)42)33-22-45-37(48(33)2)38(56)47-27-4-5-29(32(41)18-27)39(57)49-8-10-50(11-9-49)40(58)51-12-15-53(16-13-51,24-34(54)55)23-26-19-44-20-26/h4-7,18,21-22,26,44H,8-17,19-20,23-24H2,1-3H3,(H-,47,54,55,56,57). The number of halogens is 3. The van der Waals surface area contributed by atoms with Crippen LogP contribution in [-0.4, -0.2) is 155 Å². The highest BCUT2D eigenvalue weighted by atomic mass is 35.5. The minimum atomic E-state index is -1.10. The van der Waals surface area contributed by atoms with Gasteiger partial charge < -0.3 is 49.0 Å². The van der Waals surface area contributed by atoms with Gasteiger partial charge in [-0.1, -0.05) is 17.7 Å². The van der Waals surface area contributed by atoms with Crippen molar-refractivity contribution < 1.29 is 42.3 Å². The van der Waals surface area contributed by atoms with E-state index in [1.807, 2.05) is 0 Å². The van der Waals surface area contributed by atoms with Crippen molar-refractivity contribution in [2.75, 3.05) is 97.6 Å². The highest BCUT2D eigenvalue weighted by Gasteiger charge is 2.39. The van der Waals surface area contributed by atoms with Crippen LogP contribution in [0, 0.1) is 24.5 Å². The lowest BCUT2D eigenvalue weighted by atomic mass is 10.0. The minimum Gasteiger partial charge on any atom is -0.544 e. The number of nitrogens with one attached hydrogen (secondary N) is 2. The molecule has 7 rings (SSSR count). The number of ether oxygens (including phenoxy) is 1. The largest absolute Gasteiger partial charge is 0.544 e. The Bertz CT molecular complexity index is 2250. The molecule has 314 valence electrons. The molecule has 0 aliphatic carbocycles. The first-order valence-electron chi connectivity index (χ1n) is 19.5. The predicted molar refractivity (Wildman–Crippen MR) is 211 cm³/mol. The zero-order chi connectivity index (χ0) is 42.0. The lowest BCUT2D eigenvalue weighted by molar-refractivity contribution is -0.929. The van der Waals surface area contributed by atoms with Gasteiger partial charge in [-0.3, -0.25) is 14.3 Å². The quantitative estimate of drug-likeness (QED) is 0.203. The molecule has 0 bridgehead atoms. The van der Waals surface area contributed by atoms with E-state index in [9.17, 15) is 24.3 Å². The summed E-state index contributed by atoms with van der Waals surface area (Å²) in [5.41, 5.74) is 1.76. The van der Waals surface area contributed by atoms with Crippen molar-refractivity contribution in [3.63, 3.8) is 0 Å².